The zero-order valence-electron chi connectivity index (χ0n) is 14.6. The number of carbonyl (C=O) groups is 1. The number of carbonyl (C=O) groups excluding carboxylic acids is 1. The monoisotopic (exact) mass is 350 g/mol. The van der Waals surface area contributed by atoms with Gasteiger partial charge in [-0.15, -0.1) is 0 Å². The number of amides is 1. The van der Waals surface area contributed by atoms with E-state index in [4.69, 9.17) is 10.5 Å². The van der Waals surface area contributed by atoms with Crippen LogP contribution in [-0.2, 0) is 16.0 Å². The molecule has 1 aliphatic rings. The molecule has 6 nitrogen and oxygen atoms in total. The van der Waals surface area contributed by atoms with Crippen molar-refractivity contribution in [2.45, 2.75) is 32.3 Å². The average Bonchev–Trinajstić information content (AvgIpc) is 3.11. The summed E-state index contributed by atoms with van der Waals surface area (Å²) >= 11 is 0. The molecule has 0 radical (unpaired) electrons. The summed E-state index contributed by atoms with van der Waals surface area (Å²) in [6, 6.07) is 6.08. The molecule has 138 valence electrons. The second-order valence-electron chi connectivity index (χ2n) is 6.17. The van der Waals surface area contributed by atoms with Gasteiger partial charge in [-0.25, -0.2) is 4.39 Å². The van der Waals surface area contributed by atoms with Crippen LogP contribution in [0.4, 0.5) is 4.39 Å². The van der Waals surface area contributed by atoms with E-state index >= 15 is 0 Å². The normalized spacial score (nSPS) is 18.8. The maximum absolute atomic E-state index is 13.0. The molecule has 1 aromatic carbocycles. The number of hydrogen-bond acceptors (Lipinski definition) is 3. The van der Waals surface area contributed by atoms with Gasteiger partial charge in [0.15, 0.2) is 5.96 Å². The predicted octanol–water partition coefficient (Wildman–Crippen LogP) is 1.20. The molecule has 1 fully saturated rings. The van der Waals surface area contributed by atoms with Gasteiger partial charge in [0.05, 0.1) is 18.6 Å². The van der Waals surface area contributed by atoms with Crippen LogP contribution in [0, 0.1) is 11.7 Å². The van der Waals surface area contributed by atoms with Gasteiger partial charge in [0.25, 0.3) is 0 Å². The molecule has 1 saturated heterocycles. The van der Waals surface area contributed by atoms with Crippen LogP contribution in [0.5, 0.6) is 0 Å². The van der Waals surface area contributed by atoms with Crippen molar-refractivity contribution >= 4 is 11.9 Å². The van der Waals surface area contributed by atoms with Gasteiger partial charge in [0, 0.05) is 19.7 Å². The minimum atomic E-state index is -0.441. The van der Waals surface area contributed by atoms with Gasteiger partial charge in [-0.05, 0) is 43.9 Å². The van der Waals surface area contributed by atoms with Gasteiger partial charge in [0.2, 0.25) is 5.91 Å². The van der Waals surface area contributed by atoms with E-state index in [1.807, 2.05) is 6.92 Å². The number of guanidine groups is 1. The van der Waals surface area contributed by atoms with Gasteiger partial charge in [-0.3, -0.25) is 9.79 Å². The Kier molecular flexibility index (Phi) is 7.66. The summed E-state index contributed by atoms with van der Waals surface area (Å²) in [5.74, 6) is -0.514. The summed E-state index contributed by atoms with van der Waals surface area (Å²) in [6.07, 6.45) is 2.77. The largest absolute Gasteiger partial charge is 0.376 e. The molecule has 1 aromatic rings. The molecular formula is C18H27FN4O2. The molecule has 2 rings (SSSR count). The Balaban J connectivity index is 1.93. The molecule has 0 aliphatic carbocycles. The second kappa shape index (κ2) is 9.98. The number of hydrogen-bond donors (Lipinski definition) is 3. The van der Waals surface area contributed by atoms with Gasteiger partial charge in [-0.2, -0.15) is 0 Å². The van der Waals surface area contributed by atoms with Crippen LogP contribution in [-0.4, -0.2) is 44.2 Å². The van der Waals surface area contributed by atoms with Crippen molar-refractivity contribution in [2.24, 2.45) is 16.6 Å². The van der Waals surface area contributed by atoms with E-state index in [0.717, 1.165) is 31.6 Å². The molecule has 0 saturated carbocycles. The third-order valence-corrected chi connectivity index (χ3v) is 4.13. The first kappa shape index (κ1) is 19.2. The maximum atomic E-state index is 13.0. The molecule has 1 aliphatic heterocycles. The third kappa shape index (κ3) is 6.70. The highest BCUT2D eigenvalue weighted by molar-refractivity contribution is 5.81. The lowest BCUT2D eigenvalue weighted by atomic mass is 9.99. The zero-order chi connectivity index (χ0) is 18.1. The lowest BCUT2D eigenvalue weighted by Gasteiger charge is -2.16. The quantitative estimate of drug-likeness (QED) is 0.486. The molecule has 0 spiro atoms. The van der Waals surface area contributed by atoms with E-state index in [1.54, 1.807) is 12.1 Å². The molecule has 0 bridgehead atoms. The molecule has 7 heteroatoms. The molecule has 4 N–H and O–H groups in total. The maximum Gasteiger partial charge on any atom is 0.222 e. The standard InChI is InChI=1S/C18H27FN4O2/c1-2-21-18(23-12-16-4-3-9-25-16)22-11-14(17(20)24)10-13-5-7-15(19)8-6-13/h5-8,14,16H,2-4,9-12H2,1H3,(H2,20,24)(H2,21,22,23). The van der Waals surface area contributed by atoms with Crippen LogP contribution >= 0.6 is 0 Å². The van der Waals surface area contributed by atoms with Crippen molar-refractivity contribution in [3.8, 4) is 0 Å². The first-order valence-corrected chi connectivity index (χ1v) is 8.76. The molecule has 2 atom stereocenters. The van der Waals surface area contributed by atoms with Crippen molar-refractivity contribution in [2.75, 3.05) is 26.2 Å². The van der Waals surface area contributed by atoms with E-state index in [2.05, 4.69) is 15.6 Å². The number of aliphatic imine (C=N–C) groups is 1. The fourth-order valence-electron chi connectivity index (χ4n) is 2.72. The number of ether oxygens (including phenoxy) is 1. The summed E-state index contributed by atoms with van der Waals surface area (Å²) in [5.41, 5.74) is 6.36. The Morgan fingerprint density at radius 3 is 2.76 bits per heavy atom. The van der Waals surface area contributed by atoms with Crippen molar-refractivity contribution in [3.05, 3.63) is 35.6 Å². The number of benzene rings is 1. The first-order chi connectivity index (χ1) is 12.1. The van der Waals surface area contributed by atoms with Crippen molar-refractivity contribution in [1.29, 1.82) is 0 Å². The van der Waals surface area contributed by atoms with Crippen LogP contribution in [0.15, 0.2) is 29.3 Å². The second-order valence-corrected chi connectivity index (χ2v) is 6.17. The van der Waals surface area contributed by atoms with Gasteiger partial charge in [-0.1, -0.05) is 12.1 Å². The Morgan fingerprint density at radius 2 is 2.16 bits per heavy atom. The van der Waals surface area contributed by atoms with Gasteiger partial charge < -0.3 is 21.1 Å². The summed E-state index contributed by atoms with van der Waals surface area (Å²) in [7, 11) is 0. The number of halogens is 1. The molecular weight excluding hydrogens is 323 g/mol. The molecule has 25 heavy (non-hydrogen) atoms. The van der Waals surface area contributed by atoms with E-state index in [1.165, 1.54) is 12.1 Å². The van der Waals surface area contributed by atoms with Crippen molar-refractivity contribution < 1.29 is 13.9 Å². The fourth-order valence-corrected chi connectivity index (χ4v) is 2.72. The zero-order valence-corrected chi connectivity index (χ0v) is 14.6. The topological polar surface area (TPSA) is 88.7 Å². The SMILES string of the molecule is CCNC(=NCC(Cc1ccc(F)cc1)C(N)=O)NCC1CCCO1. The van der Waals surface area contributed by atoms with Crippen LogP contribution in [0.2, 0.25) is 0 Å². The van der Waals surface area contributed by atoms with E-state index in [9.17, 15) is 9.18 Å². The molecule has 2 unspecified atom stereocenters. The summed E-state index contributed by atoms with van der Waals surface area (Å²) in [5, 5.41) is 6.39. The number of rotatable bonds is 8. The predicted molar refractivity (Wildman–Crippen MR) is 95.7 cm³/mol. The van der Waals surface area contributed by atoms with E-state index in [-0.39, 0.29) is 18.5 Å². The smallest absolute Gasteiger partial charge is 0.222 e. The molecule has 1 heterocycles. The highest BCUT2D eigenvalue weighted by Gasteiger charge is 2.18. The number of nitrogens with zero attached hydrogens (tertiary/aromatic N) is 1. The first-order valence-electron chi connectivity index (χ1n) is 8.76. The Bertz CT molecular complexity index is 571. The number of nitrogens with two attached hydrogens (primary N) is 1. The van der Waals surface area contributed by atoms with Crippen LogP contribution in [0.3, 0.4) is 0 Å². The molecule has 1 amide bonds. The van der Waals surface area contributed by atoms with E-state index < -0.39 is 11.8 Å². The van der Waals surface area contributed by atoms with Crippen LogP contribution in [0.1, 0.15) is 25.3 Å². The van der Waals surface area contributed by atoms with Crippen molar-refractivity contribution in [3.63, 3.8) is 0 Å². The van der Waals surface area contributed by atoms with Crippen molar-refractivity contribution in [1.82, 2.24) is 10.6 Å². The average molecular weight is 350 g/mol. The molecule has 0 aromatic heterocycles. The Labute approximate surface area is 148 Å². The third-order valence-electron chi connectivity index (χ3n) is 4.13. The minimum Gasteiger partial charge on any atom is -0.376 e. The fraction of sp³-hybridized carbons (Fsp3) is 0.556. The highest BCUT2D eigenvalue weighted by atomic mass is 19.1. The highest BCUT2D eigenvalue weighted by Crippen LogP contribution is 2.12. The Morgan fingerprint density at radius 1 is 1.40 bits per heavy atom. The number of nitrogens with one attached hydrogen (secondary N) is 2. The van der Waals surface area contributed by atoms with E-state index in [0.29, 0.717) is 18.9 Å². The minimum absolute atomic E-state index is 0.204. The lowest BCUT2D eigenvalue weighted by molar-refractivity contribution is -0.121. The van der Waals surface area contributed by atoms with Crippen LogP contribution < -0.4 is 16.4 Å². The van der Waals surface area contributed by atoms with Gasteiger partial charge in [0.1, 0.15) is 5.82 Å². The summed E-state index contributed by atoms with van der Waals surface area (Å²) in [4.78, 5) is 16.2. The number of primary amides is 1. The Hall–Kier alpha value is -2.15. The van der Waals surface area contributed by atoms with Crippen LogP contribution in [0.25, 0.3) is 0 Å². The summed E-state index contributed by atoms with van der Waals surface area (Å²) in [6.45, 7) is 4.46. The summed E-state index contributed by atoms with van der Waals surface area (Å²) < 4.78 is 18.6. The lowest BCUT2D eigenvalue weighted by Crippen LogP contribution is -2.41. The van der Waals surface area contributed by atoms with Gasteiger partial charge >= 0.3 is 0 Å².